The van der Waals surface area contributed by atoms with Gasteiger partial charge in [-0.05, 0) is 45.4 Å². The summed E-state index contributed by atoms with van der Waals surface area (Å²) in [6.45, 7) is 7.90. The van der Waals surface area contributed by atoms with E-state index in [9.17, 15) is 17.6 Å². The molecule has 1 aromatic rings. The van der Waals surface area contributed by atoms with E-state index in [1.807, 2.05) is 0 Å². The number of rotatable bonds is 3. The number of carbonyl (C=O) groups excluding carboxylic acids is 1. The van der Waals surface area contributed by atoms with Gasteiger partial charge in [0.2, 0.25) is 10.0 Å². The molecular formula is C17H25FN2O4S. The van der Waals surface area contributed by atoms with Crippen LogP contribution >= 0.6 is 0 Å². The van der Waals surface area contributed by atoms with E-state index in [2.05, 4.69) is 0 Å². The molecule has 0 unspecified atom stereocenters. The van der Waals surface area contributed by atoms with E-state index in [0.29, 0.717) is 5.56 Å². The van der Waals surface area contributed by atoms with Crippen molar-refractivity contribution >= 4 is 16.1 Å². The molecule has 25 heavy (non-hydrogen) atoms. The predicted molar refractivity (Wildman–Crippen MR) is 93.0 cm³/mol. The lowest BCUT2D eigenvalue weighted by atomic mass is 10.2. The van der Waals surface area contributed by atoms with Gasteiger partial charge in [0.15, 0.2) is 0 Å². The maximum atomic E-state index is 13.0. The smallest absolute Gasteiger partial charge is 0.410 e. The van der Waals surface area contributed by atoms with Gasteiger partial charge in [0, 0.05) is 25.7 Å². The molecule has 0 aromatic heterocycles. The summed E-state index contributed by atoms with van der Waals surface area (Å²) in [5.41, 5.74) is -0.0604. The Labute approximate surface area is 148 Å². The summed E-state index contributed by atoms with van der Waals surface area (Å²) in [6.07, 6.45) is -0.435. The Bertz CT molecular complexity index is 713. The van der Waals surface area contributed by atoms with Crippen LogP contribution in [0.3, 0.4) is 0 Å². The summed E-state index contributed by atoms with van der Waals surface area (Å²) in [4.78, 5) is 13.7. The third kappa shape index (κ3) is 5.40. The molecule has 0 spiro atoms. The van der Waals surface area contributed by atoms with Crippen molar-refractivity contribution in [3.63, 3.8) is 0 Å². The second-order valence-electron chi connectivity index (χ2n) is 7.27. The van der Waals surface area contributed by atoms with Crippen LogP contribution in [-0.4, -0.2) is 55.0 Å². The highest BCUT2D eigenvalue weighted by atomic mass is 32.2. The van der Waals surface area contributed by atoms with Crippen LogP contribution in [0.4, 0.5) is 9.18 Å². The maximum Gasteiger partial charge on any atom is 0.410 e. The molecular weight excluding hydrogens is 347 g/mol. The van der Waals surface area contributed by atoms with E-state index < -0.39 is 27.5 Å². The number of sulfonamides is 1. The van der Waals surface area contributed by atoms with E-state index in [4.69, 9.17) is 4.74 Å². The summed E-state index contributed by atoms with van der Waals surface area (Å²) >= 11 is 0. The first-order valence-electron chi connectivity index (χ1n) is 8.20. The highest BCUT2D eigenvalue weighted by Gasteiger charge is 2.35. The fraction of sp³-hybridized carbons (Fsp3) is 0.588. The molecule has 1 heterocycles. The van der Waals surface area contributed by atoms with Crippen molar-refractivity contribution in [2.75, 3.05) is 19.6 Å². The summed E-state index contributed by atoms with van der Waals surface area (Å²) in [5.74, 6) is -0.593. The normalized spacial score (nSPS) is 19.7. The van der Waals surface area contributed by atoms with E-state index in [1.165, 1.54) is 33.5 Å². The number of amides is 1. The summed E-state index contributed by atoms with van der Waals surface area (Å²) in [7, 11) is -3.55. The van der Waals surface area contributed by atoms with Gasteiger partial charge >= 0.3 is 6.09 Å². The molecule has 1 aliphatic heterocycles. The molecule has 0 aliphatic carbocycles. The van der Waals surface area contributed by atoms with Gasteiger partial charge in [0.1, 0.15) is 11.4 Å². The van der Waals surface area contributed by atoms with Crippen LogP contribution in [0.5, 0.6) is 0 Å². The Morgan fingerprint density at radius 3 is 2.36 bits per heavy atom. The Morgan fingerprint density at radius 1 is 1.24 bits per heavy atom. The molecule has 140 valence electrons. The molecule has 0 saturated carbocycles. The van der Waals surface area contributed by atoms with E-state index in [0.717, 1.165) is 0 Å². The molecule has 1 atom stereocenters. The maximum absolute atomic E-state index is 13.0. The first kappa shape index (κ1) is 19.7. The lowest BCUT2D eigenvalue weighted by Crippen LogP contribution is -2.56. The average Bonchev–Trinajstić information content (AvgIpc) is 2.47. The molecule has 6 nitrogen and oxygen atoms in total. The van der Waals surface area contributed by atoms with Crippen molar-refractivity contribution in [2.24, 2.45) is 0 Å². The van der Waals surface area contributed by atoms with Crippen molar-refractivity contribution in [1.82, 2.24) is 9.21 Å². The minimum atomic E-state index is -3.55. The quantitative estimate of drug-likeness (QED) is 0.818. The van der Waals surface area contributed by atoms with Gasteiger partial charge in [-0.1, -0.05) is 12.1 Å². The van der Waals surface area contributed by atoms with Crippen molar-refractivity contribution < 1.29 is 22.3 Å². The first-order valence-corrected chi connectivity index (χ1v) is 9.81. The summed E-state index contributed by atoms with van der Waals surface area (Å²) in [6, 6.07) is 5.07. The predicted octanol–water partition coefficient (Wildman–Crippen LogP) is 2.60. The number of piperazine rings is 1. The van der Waals surface area contributed by atoms with E-state index >= 15 is 0 Å². The number of benzene rings is 1. The summed E-state index contributed by atoms with van der Waals surface area (Å²) in [5, 5.41) is 0. The van der Waals surface area contributed by atoms with Gasteiger partial charge in [-0.2, -0.15) is 4.31 Å². The molecule has 0 N–H and O–H groups in total. The van der Waals surface area contributed by atoms with Crippen LogP contribution in [0.1, 0.15) is 33.3 Å². The zero-order chi connectivity index (χ0) is 18.8. The molecule has 0 bridgehead atoms. The molecule has 1 aromatic carbocycles. The number of hydrogen-bond donors (Lipinski definition) is 0. The number of hydrogen-bond acceptors (Lipinski definition) is 4. The first-order chi connectivity index (χ1) is 11.5. The zero-order valence-corrected chi connectivity index (χ0v) is 15.8. The molecule has 1 saturated heterocycles. The topological polar surface area (TPSA) is 66.9 Å². The van der Waals surface area contributed by atoms with E-state index in [1.54, 1.807) is 27.7 Å². The van der Waals surface area contributed by atoms with Crippen molar-refractivity contribution in [3.05, 3.63) is 35.6 Å². The summed E-state index contributed by atoms with van der Waals surface area (Å²) < 4.78 is 45.0. The molecule has 1 fully saturated rings. The second-order valence-corrected chi connectivity index (χ2v) is 9.19. The Kier molecular flexibility index (Phi) is 5.73. The van der Waals surface area contributed by atoms with Crippen LogP contribution < -0.4 is 0 Å². The van der Waals surface area contributed by atoms with Crippen LogP contribution in [0.25, 0.3) is 0 Å². The van der Waals surface area contributed by atoms with Gasteiger partial charge in [-0.15, -0.1) is 0 Å². The monoisotopic (exact) mass is 372 g/mol. The second kappa shape index (κ2) is 7.29. The van der Waals surface area contributed by atoms with E-state index in [-0.39, 0.29) is 31.4 Å². The average molecular weight is 372 g/mol. The van der Waals surface area contributed by atoms with Crippen molar-refractivity contribution in [1.29, 1.82) is 0 Å². The molecule has 1 aliphatic rings. The highest BCUT2D eigenvalue weighted by Crippen LogP contribution is 2.20. The van der Waals surface area contributed by atoms with Crippen LogP contribution in [0, 0.1) is 5.82 Å². The fourth-order valence-corrected chi connectivity index (χ4v) is 4.47. The van der Waals surface area contributed by atoms with Gasteiger partial charge in [-0.3, -0.25) is 0 Å². The van der Waals surface area contributed by atoms with Crippen LogP contribution in [-0.2, 0) is 20.5 Å². The van der Waals surface area contributed by atoms with Gasteiger partial charge in [0.25, 0.3) is 0 Å². The molecule has 8 heteroatoms. The standard InChI is InChI=1S/C17H25FN2O4S/c1-13-11-19(16(21)24-17(2,3)4)9-10-20(13)25(22,23)12-14-5-7-15(18)8-6-14/h5-8,13H,9-12H2,1-4H3/t13-/m1/s1. The minimum absolute atomic E-state index is 0.190. The number of ether oxygens (including phenoxy) is 1. The lowest BCUT2D eigenvalue weighted by Gasteiger charge is -2.39. The SMILES string of the molecule is C[C@@H]1CN(C(=O)OC(C)(C)C)CCN1S(=O)(=O)Cc1ccc(F)cc1. The van der Waals surface area contributed by atoms with Gasteiger partial charge < -0.3 is 9.64 Å². The van der Waals surface area contributed by atoms with Crippen LogP contribution in [0.15, 0.2) is 24.3 Å². The van der Waals surface area contributed by atoms with Gasteiger partial charge in [-0.25, -0.2) is 17.6 Å². The Hall–Kier alpha value is -1.67. The Balaban J connectivity index is 2.02. The Morgan fingerprint density at radius 2 is 1.84 bits per heavy atom. The fourth-order valence-electron chi connectivity index (χ4n) is 2.72. The number of carbonyl (C=O) groups is 1. The van der Waals surface area contributed by atoms with Gasteiger partial charge in [0.05, 0.1) is 5.75 Å². The lowest BCUT2D eigenvalue weighted by molar-refractivity contribution is 0.0143. The molecule has 0 radical (unpaired) electrons. The number of halogens is 1. The largest absolute Gasteiger partial charge is 0.444 e. The van der Waals surface area contributed by atoms with Crippen LogP contribution in [0.2, 0.25) is 0 Å². The van der Waals surface area contributed by atoms with Crippen molar-refractivity contribution in [3.8, 4) is 0 Å². The molecule has 1 amide bonds. The number of nitrogens with zero attached hydrogens (tertiary/aromatic N) is 2. The third-order valence-electron chi connectivity index (χ3n) is 3.84. The zero-order valence-electron chi connectivity index (χ0n) is 15.0. The highest BCUT2D eigenvalue weighted by molar-refractivity contribution is 7.88. The molecule has 2 rings (SSSR count). The minimum Gasteiger partial charge on any atom is -0.444 e. The van der Waals surface area contributed by atoms with Crippen molar-refractivity contribution in [2.45, 2.75) is 45.1 Å². The third-order valence-corrected chi connectivity index (χ3v) is 5.79.